The van der Waals surface area contributed by atoms with E-state index in [2.05, 4.69) is 9.88 Å². The highest BCUT2D eigenvalue weighted by atomic mass is 35.5. The molecule has 1 aromatic heterocycles. The lowest BCUT2D eigenvalue weighted by Crippen LogP contribution is -2.49. The maximum Gasteiger partial charge on any atom is 0.220 e. The van der Waals surface area contributed by atoms with E-state index in [1.165, 1.54) is 0 Å². The van der Waals surface area contributed by atoms with Gasteiger partial charge in [-0.3, -0.25) is 14.7 Å². The average molecular weight is 284 g/mol. The van der Waals surface area contributed by atoms with Gasteiger partial charge in [0.1, 0.15) is 0 Å². The molecule has 19 heavy (non-hydrogen) atoms. The predicted molar refractivity (Wildman–Crippen MR) is 72.5 cm³/mol. The third kappa shape index (κ3) is 3.89. The third-order valence-corrected chi connectivity index (χ3v) is 3.69. The van der Waals surface area contributed by atoms with Crippen LogP contribution >= 0.6 is 11.6 Å². The van der Waals surface area contributed by atoms with E-state index in [0.717, 1.165) is 18.7 Å². The number of hydrogen-bond donors (Lipinski definition) is 2. The van der Waals surface area contributed by atoms with Crippen molar-refractivity contribution in [1.29, 1.82) is 0 Å². The summed E-state index contributed by atoms with van der Waals surface area (Å²) in [6, 6.07) is 3.58. The van der Waals surface area contributed by atoms with Crippen LogP contribution in [0.15, 0.2) is 18.3 Å². The second-order valence-corrected chi connectivity index (χ2v) is 5.52. The third-order valence-electron chi connectivity index (χ3n) is 3.35. The molecular weight excluding hydrogens is 266 g/mol. The maximum absolute atomic E-state index is 11.0. The number of hydrogen-bond acceptors (Lipinski definition) is 4. The number of carbonyl (C=O) groups is 1. The highest BCUT2D eigenvalue weighted by Gasteiger charge is 2.34. The van der Waals surface area contributed by atoms with E-state index >= 15 is 0 Å². The number of carbonyl (C=O) groups excluding carboxylic acids is 1. The van der Waals surface area contributed by atoms with Crippen LogP contribution in [0.2, 0.25) is 5.02 Å². The fourth-order valence-corrected chi connectivity index (χ4v) is 2.74. The van der Waals surface area contributed by atoms with Gasteiger partial charge in [0.05, 0.1) is 22.7 Å². The van der Waals surface area contributed by atoms with Gasteiger partial charge in [0.15, 0.2) is 0 Å². The van der Waals surface area contributed by atoms with Crippen molar-refractivity contribution < 1.29 is 9.90 Å². The van der Waals surface area contributed by atoms with Gasteiger partial charge in [0.2, 0.25) is 5.91 Å². The van der Waals surface area contributed by atoms with Crippen molar-refractivity contribution in [3.8, 4) is 0 Å². The molecule has 0 spiro atoms. The molecule has 0 saturated carbocycles. The number of primary amides is 1. The van der Waals surface area contributed by atoms with Crippen molar-refractivity contribution in [3.63, 3.8) is 0 Å². The topological polar surface area (TPSA) is 79.5 Å². The molecule has 1 aliphatic rings. The quantitative estimate of drug-likeness (QED) is 0.862. The summed E-state index contributed by atoms with van der Waals surface area (Å²) in [6.07, 6.45) is 3.12. The fraction of sp³-hybridized carbons (Fsp3) is 0.538. The lowest BCUT2D eigenvalue weighted by molar-refractivity contribution is -0.125. The van der Waals surface area contributed by atoms with Crippen LogP contribution in [-0.4, -0.2) is 39.6 Å². The van der Waals surface area contributed by atoms with Gasteiger partial charge in [-0.15, -0.1) is 0 Å². The van der Waals surface area contributed by atoms with Crippen molar-refractivity contribution in [1.82, 2.24) is 9.88 Å². The zero-order chi connectivity index (χ0) is 13.9. The zero-order valence-electron chi connectivity index (χ0n) is 10.7. The number of piperidine rings is 1. The summed E-state index contributed by atoms with van der Waals surface area (Å²) in [4.78, 5) is 17.3. The molecule has 1 unspecified atom stereocenters. The highest BCUT2D eigenvalue weighted by molar-refractivity contribution is 6.31. The summed E-state index contributed by atoms with van der Waals surface area (Å²) in [7, 11) is 0. The van der Waals surface area contributed by atoms with Crippen molar-refractivity contribution in [2.24, 2.45) is 5.73 Å². The number of likely N-dealkylation sites (tertiary alicyclic amines) is 1. The summed E-state index contributed by atoms with van der Waals surface area (Å²) in [5.41, 5.74) is 4.94. The molecule has 1 saturated heterocycles. The van der Waals surface area contributed by atoms with E-state index in [4.69, 9.17) is 17.3 Å². The van der Waals surface area contributed by atoms with Crippen LogP contribution in [0.1, 0.15) is 25.0 Å². The van der Waals surface area contributed by atoms with Gasteiger partial charge < -0.3 is 10.8 Å². The molecule has 1 amide bonds. The molecule has 1 fully saturated rings. The number of amides is 1. The van der Waals surface area contributed by atoms with Crippen molar-refractivity contribution in [2.45, 2.75) is 31.4 Å². The average Bonchev–Trinajstić information content (AvgIpc) is 2.30. The molecule has 0 aliphatic carbocycles. The minimum Gasteiger partial charge on any atom is -0.388 e. The Labute approximate surface area is 117 Å². The Bertz CT molecular complexity index is 469. The maximum atomic E-state index is 11.0. The predicted octanol–water partition coefficient (Wildman–Crippen LogP) is 0.937. The lowest BCUT2D eigenvalue weighted by atomic mass is 9.89. The van der Waals surface area contributed by atoms with E-state index in [9.17, 15) is 9.90 Å². The van der Waals surface area contributed by atoms with Crippen LogP contribution in [0.4, 0.5) is 0 Å². The monoisotopic (exact) mass is 283 g/mol. The van der Waals surface area contributed by atoms with Crippen molar-refractivity contribution >= 4 is 17.5 Å². The number of nitrogens with two attached hydrogens (primary N) is 1. The first-order valence-electron chi connectivity index (χ1n) is 6.31. The molecule has 2 heterocycles. The molecule has 0 bridgehead atoms. The molecule has 0 radical (unpaired) electrons. The molecule has 2 rings (SSSR count). The van der Waals surface area contributed by atoms with E-state index in [-0.39, 0.29) is 6.42 Å². The Morgan fingerprint density at radius 2 is 2.42 bits per heavy atom. The van der Waals surface area contributed by atoms with E-state index < -0.39 is 11.5 Å². The summed E-state index contributed by atoms with van der Waals surface area (Å²) in [5, 5.41) is 11.0. The van der Waals surface area contributed by atoms with Crippen LogP contribution in [0, 0.1) is 0 Å². The van der Waals surface area contributed by atoms with Gasteiger partial charge >= 0.3 is 0 Å². The normalized spacial score (nSPS) is 24.3. The largest absolute Gasteiger partial charge is 0.388 e. The first-order valence-corrected chi connectivity index (χ1v) is 6.69. The summed E-state index contributed by atoms with van der Waals surface area (Å²) < 4.78 is 0. The van der Waals surface area contributed by atoms with Gasteiger partial charge in [-0.2, -0.15) is 0 Å². The number of pyridine rings is 1. The molecular formula is C13H18ClN3O2. The number of rotatable bonds is 4. The standard InChI is InChI=1S/C13H18ClN3O2/c14-10-3-1-5-16-11(10)8-17-6-2-4-13(19,9-17)7-12(15)18/h1,3,5,19H,2,4,6-9H2,(H2,15,18). The van der Waals surface area contributed by atoms with E-state index in [1.54, 1.807) is 18.3 Å². The minimum absolute atomic E-state index is 0.000545. The molecule has 1 aromatic rings. The first-order chi connectivity index (χ1) is 8.98. The van der Waals surface area contributed by atoms with Crippen LogP contribution in [0.3, 0.4) is 0 Å². The molecule has 0 aromatic carbocycles. The highest BCUT2D eigenvalue weighted by Crippen LogP contribution is 2.26. The smallest absolute Gasteiger partial charge is 0.220 e. The van der Waals surface area contributed by atoms with Crippen LogP contribution in [-0.2, 0) is 11.3 Å². The zero-order valence-corrected chi connectivity index (χ0v) is 11.4. The number of β-amino-alcohol motifs (C(OH)–C–C–N with tert-alkyl or cyclic N) is 1. The molecule has 3 N–H and O–H groups in total. The Kier molecular flexibility index (Phi) is 4.39. The Morgan fingerprint density at radius 1 is 1.63 bits per heavy atom. The number of nitrogens with zero attached hydrogens (tertiary/aromatic N) is 2. The summed E-state index contributed by atoms with van der Waals surface area (Å²) in [6.45, 7) is 1.84. The Balaban J connectivity index is 2.02. The SMILES string of the molecule is NC(=O)CC1(O)CCCN(Cc2ncccc2Cl)C1. The van der Waals surface area contributed by atoms with Gasteiger partial charge in [0, 0.05) is 19.3 Å². The molecule has 1 atom stereocenters. The first kappa shape index (κ1) is 14.2. The number of aromatic nitrogens is 1. The summed E-state index contributed by atoms with van der Waals surface area (Å²) in [5.74, 6) is -0.472. The van der Waals surface area contributed by atoms with Gasteiger partial charge in [-0.25, -0.2) is 0 Å². The van der Waals surface area contributed by atoms with Gasteiger partial charge in [-0.1, -0.05) is 11.6 Å². The Hall–Kier alpha value is -1.17. The molecule has 5 nitrogen and oxygen atoms in total. The van der Waals surface area contributed by atoms with Crippen LogP contribution in [0.25, 0.3) is 0 Å². The number of aliphatic hydroxyl groups is 1. The summed E-state index contributed by atoms with van der Waals surface area (Å²) >= 11 is 6.07. The van der Waals surface area contributed by atoms with Crippen LogP contribution < -0.4 is 5.73 Å². The van der Waals surface area contributed by atoms with E-state index in [0.29, 0.717) is 24.5 Å². The van der Waals surface area contributed by atoms with Crippen molar-refractivity contribution in [3.05, 3.63) is 29.0 Å². The van der Waals surface area contributed by atoms with Crippen molar-refractivity contribution in [2.75, 3.05) is 13.1 Å². The van der Waals surface area contributed by atoms with Gasteiger partial charge in [0.25, 0.3) is 0 Å². The van der Waals surface area contributed by atoms with Gasteiger partial charge in [-0.05, 0) is 31.5 Å². The number of halogens is 1. The fourth-order valence-electron chi connectivity index (χ4n) is 2.56. The van der Waals surface area contributed by atoms with E-state index in [1.807, 2.05) is 0 Å². The molecule has 1 aliphatic heterocycles. The second-order valence-electron chi connectivity index (χ2n) is 5.11. The van der Waals surface area contributed by atoms with Crippen LogP contribution in [0.5, 0.6) is 0 Å². The molecule has 6 heteroatoms. The second kappa shape index (κ2) is 5.86. The minimum atomic E-state index is -1.02. The lowest BCUT2D eigenvalue weighted by Gasteiger charge is -2.38. The molecule has 104 valence electrons. The Morgan fingerprint density at radius 3 is 3.11 bits per heavy atom.